The van der Waals surface area contributed by atoms with Crippen molar-refractivity contribution < 1.29 is 19.1 Å². The summed E-state index contributed by atoms with van der Waals surface area (Å²) in [5.74, 6) is -0.0161. The summed E-state index contributed by atoms with van der Waals surface area (Å²) in [4.78, 5) is 23.1. The summed E-state index contributed by atoms with van der Waals surface area (Å²) < 4.78 is 9.77. The molecule has 0 radical (unpaired) electrons. The number of carbonyl (C=O) groups excluding carboxylic acids is 2. The van der Waals surface area contributed by atoms with E-state index in [0.717, 1.165) is 6.42 Å². The molecule has 5 heteroatoms. The first-order valence-electron chi connectivity index (χ1n) is 5.52. The second-order valence-corrected chi connectivity index (χ2v) is 4.29. The molecule has 1 unspecified atom stereocenters. The lowest BCUT2D eigenvalue weighted by molar-refractivity contribution is -0.125. The van der Waals surface area contributed by atoms with E-state index in [1.807, 2.05) is 13.8 Å². The molecule has 0 bridgehead atoms. The minimum Gasteiger partial charge on any atom is -0.453 e. The zero-order valence-electron chi connectivity index (χ0n) is 9.99. The molecule has 1 aliphatic heterocycles. The van der Waals surface area contributed by atoms with E-state index in [4.69, 9.17) is 4.74 Å². The molecule has 1 amide bonds. The van der Waals surface area contributed by atoms with E-state index in [1.165, 1.54) is 7.11 Å². The number of Topliss-reactive ketones (excluding diaryl/α,β-unsaturated/α-hetero) is 1. The Hall–Kier alpha value is -1.10. The maximum absolute atomic E-state index is 12.0. The number of methoxy groups -OCH3 is 1. The van der Waals surface area contributed by atoms with Gasteiger partial charge in [0.2, 0.25) is 0 Å². The molecule has 0 aliphatic carbocycles. The van der Waals surface area contributed by atoms with Crippen LogP contribution in [0.15, 0.2) is 0 Å². The average Bonchev–Trinajstić information content (AvgIpc) is 2.77. The highest BCUT2D eigenvalue weighted by atomic mass is 16.5. The van der Waals surface area contributed by atoms with Crippen LogP contribution in [0, 0.1) is 11.8 Å². The summed E-state index contributed by atoms with van der Waals surface area (Å²) in [5, 5.41) is 2.60. The van der Waals surface area contributed by atoms with Crippen LogP contribution in [0.25, 0.3) is 0 Å². The van der Waals surface area contributed by atoms with Gasteiger partial charge in [-0.15, -0.1) is 0 Å². The lowest BCUT2D eigenvalue weighted by atomic mass is 9.90. The van der Waals surface area contributed by atoms with Crippen molar-refractivity contribution >= 4 is 11.9 Å². The average molecular weight is 229 g/mol. The molecule has 1 heterocycles. The number of carbonyl (C=O) groups is 2. The molecule has 1 rings (SSSR count). The summed E-state index contributed by atoms with van der Waals surface area (Å²) in [7, 11) is 1.29. The monoisotopic (exact) mass is 229 g/mol. The van der Waals surface area contributed by atoms with Gasteiger partial charge in [0.1, 0.15) is 0 Å². The van der Waals surface area contributed by atoms with Gasteiger partial charge in [0.05, 0.1) is 19.8 Å². The Morgan fingerprint density at radius 3 is 2.56 bits per heavy atom. The van der Waals surface area contributed by atoms with Crippen molar-refractivity contribution in [2.75, 3.05) is 20.3 Å². The standard InChI is InChI=1S/C11H19NO4/c1-7(2)10(13)9(12-11(14)15-3)8-4-5-16-6-8/h7-9H,4-6H2,1-3H3,(H,12,14)/t8?,9-/m0/s1. The second-order valence-electron chi connectivity index (χ2n) is 4.29. The molecule has 0 aromatic rings. The number of nitrogens with one attached hydrogen (secondary N) is 1. The fourth-order valence-corrected chi connectivity index (χ4v) is 1.78. The molecule has 0 aromatic carbocycles. The van der Waals surface area contributed by atoms with Crippen LogP contribution in [0.2, 0.25) is 0 Å². The molecule has 0 saturated carbocycles. The van der Waals surface area contributed by atoms with Crippen molar-refractivity contribution in [3.8, 4) is 0 Å². The first-order chi connectivity index (χ1) is 7.56. The Bertz CT molecular complexity index is 259. The fraction of sp³-hybridized carbons (Fsp3) is 0.818. The molecule has 5 nitrogen and oxygen atoms in total. The van der Waals surface area contributed by atoms with Crippen LogP contribution in [0.3, 0.4) is 0 Å². The largest absolute Gasteiger partial charge is 0.453 e. The summed E-state index contributed by atoms with van der Waals surface area (Å²) >= 11 is 0. The number of rotatable bonds is 4. The number of hydrogen-bond donors (Lipinski definition) is 1. The van der Waals surface area contributed by atoms with Gasteiger partial charge in [0.15, 0.2) is 5.78 Å². The summed E-state index contributed by atoms with van der Waals surface area (Å²) in [6, 6.07) is -0.491. The van der Waals surface area contributed by atoms with Crippen LogP contribution in [0.4, 0.5) is 4.79 Å². The third-order valence-electron chi connectivity index (χ3n) is 2.77. The fourth-order valence-electron chi connectivity index (χ4n) is 1.78. The molecule has 16 heavy (non-hydrogen) atoms. The van der Waals surface area contributed by atoms with Gasteiger partial charge in [-0.2, -0.15) is 0 Å². The minimum atomic E-state index is -0.564. The highest BCUT2D eigenvalue weighted by Gasteiger charge is 2.33. The lowest BCUT2D eigenvalue weighted by Gasteiger charge is -2.23. The van der Waals surface area contributed by atoms with Crippen molar-refractivity contribution in [3.05, 3.63) is 0 Å². The second kappa shape index (κ2) is 5.84. The van der Waals surface area contributed by atoms with Crippen molar-refractivity contribution in [1.82, 2.24) is 5.32 Å². The summed E-state index contributed by atoms with van der Waals surface area (Å²) in [6.45, 7) is 4.82. The topological polar surface area (TPSA) is 64.6 Å². The van der Waals surface area contributed by atoms with Gasteiger partial charge in [-0.25, -0.2) is 4.79 Å². The van der Waals surface area contributed by atoms with Crippen LogP contribution in [-0.4, -0.2) is 38.2 Å². The van der Waals surface area contributed by atoms with Gasteiger partial charge < -0.3 is 14.8 Å². The normalized spacial score (nSPS) is 21.9. The highest BCUT2D eigenvalue weighted by Crippen LogP contribution is 2.19. The first kappa shape index (κ1) is 13.0. The lowest BCUT2D eigenvalue weighted by Crippen LogP contribution is -2.47. The third kappa shape index (κ3) is 3.20. The molecule has 0 spiro atoms. The van der Waals surface area contributed by atoms with Gasteiger partial charge in [-0.3, -0.25) is 4.79 Å². The first-order valence-corrected chi connectivity index (χ1v) is 5.52. The van der Waals surface area contributed by atoms with Gasteiger partial charge in [0.25, 0.3) is 0 Å². The van der Waals surface area contributed by atoms with E-state index in [2.05, 4.69) is 10.1 Å². The maximum atomic E-state index is 12.0. The number of ether oxygens (including phenoxy) is 2. The zero-order chi connectivity index (χ0) is 12.1. The predicted octanol–water partition coefficient (Wildman–Crippen LogP) is 0.973. The summed E-state index contributed by atoms with van der Waals surface area (Å²) in [6.07, 6.45) is 0.235. The molecule has 1 N–H and O–H groups in total. The van der Waals surface area contributed by atoms with Crippen LogP contribution in [-0.2, 0) is 14.3 Å². The third-order valence-corrected chi connectivity index (χ3v) is 2.77. The van der Waals surface area contributed by atoms with Gasteiger partial charge in [-0.1, -0.05) is 13.8 Å². The SMILES string of the molecule is COC(=O)N[C@H](C(=O)C(C)C)C1CCOC1. The number of alkyl carbamates (subject to hydrolysis) is 1. The van der Waals surface area contributed by atoms with Gasteiger partial charge in [-0.05, 0) is 6.42 Å². The number of amides is 1. The van der Waals surface area contributed by atoms with Crippen molar-refractivity contribution in [2.45, 2.75) is 26.3 Å². The molecular formula is C11H19NO4. The smallest absolute Gasteiger partial charge is 0.407 e. The zero-order valence-corrected chi connectivity index (χ0v) is 9.99. The van der Waals surface area contributed by atoms with E-state index in [1.54, 1.807) is 0 Å². The van der Waals surface area contributed by atoms with E-state index in [-0.39, 0.29) is 17.6 Å². The maximum Gasteiger partial charge on any atom is 0.407 e. The molecule has 1 saturated heterocycles. The van der Waals surface area contributed by atoms with E-state index >= 15 is 0 Å². The van der Waals surface area contributed by atoms with Crippen LogP contribution < -0.4 is 5.32 Å². The quantitative estimate of drug-likeness (QED) is 0.780. The Labute approximate surface area is 95.5 Å². The minimum absolute atomic E-state index is 0.0286. The number of ketones is 1. The van der Waals surface area contributed by atoms with Crippen molar-refractivity contribution in [2.24, 2.45) is 11.8 Å². The summed E-state index contributed by atoms with van der Waals surface area (Å²) in [5.41, 5.74) is 0. The van der Waals surface area contributed by atoms with Gasteiger partial charge >= 0.3 is 6.09 Å². The van der Waals surface area contributed by atoms with Crippen LogP contribution >= 0.6 is 0 Å². The van der Waals surface area contributed by atoms with Crippen molar-refractivity contribution in [3.63, 3.8) is 0 Å². The molecule has 0 aromatic heterocycles. The molecule has 1 aliphatic rings. The van der Waals surface area contributed by atoms with E-state index in [0.29, 0.717) is 13.2 Å². The number of hydrogen-bond acceptors (Lipinski definition) is 4. The Balaban J connectivity index is 2.67. The molecular weight excluding hydrogens is 210 g/mol. The van der Waals surface area contributed by atoms with E-state index < -0.39 is 12.1 Å². The van der Waals surface area contributed by atoms with Crippen LogP contribution in [0.5, 0.6) is 0 Å². The van der Waals surface area contributed by atoms with Crippen LogP contribution in [0.1, 0.15) is 20.3 Å². The highest BCUT2D eigenvalue weighted by molar-refractivity contribution is 5.89. The Morgan fingerprint density at radius 1 is 1.44 bits per heavy atom. The van der Waals surface area contributed by atoms with E-state index in [9.17, 15) is 9.59 Å². The Kier molecular flexibility index (Phi) is 4.73. The molecule has 92 valence electrons. The van der Waals surface area contributed by atoms with Crippen molar-refractivity contribution in [1.29, 1.82) is 0 Å². The Morgan fingerprint density at radius 2 is 2.12 bits per heavy atom. The van der Waals surface area contributed by atoms with Gasteiger partial charge in [0, 0.05) is 18.4 Å². The predicted molar refractivity (Wildman–Crippen MR) is 58.1 cm³/mol. The molecule has 1 fully saturated rings. The molecule has 2 atom stereocenters.